The van der Waals surface area contributed by atoms with Crippen molar-refractivity contribution >= 4 is 10.9 Å². The number of H-pyrrole nitrogens is 1. The molecule has 0 amide bonds. The van der Waals surface area contributed by atoms with Crippen LogP contribution in [-0.4, -0.2) is 11.0 Å². The third kappa shape index (κ3) is 2.27. The second kappa shape index (κ2) is 4.97. The van der Waals surface area contributed by atoms with Gasteiger partial charge in [-0.3, -0.25) is 0 Å². The lowest BCUT2D eigenvalue weighted by atomic mass is 9.81. The maximum atomic E-state index is 13.8. The summed E-state index contributed by atoms with van der Waals surface area (Å²) in [5.74, 6) is 0.370. The van der Waals surface area contributed by atoms with Gasteiger partial charge in [-0.25, -0.2) is 4.39 Å². The fourth-order valence-electron chi connectivity index (χ4n) is 3.38. The Morgan fingerprint density at radius 3 is 2.89 bits per heavy atom. The molecule has 2 unspecified atom stereocenters. The van der Waals surface area contributed by atoms with Crippen LogP contribution < -0.4 is 5.73 Å². The molecule has 0 bridgehead atoms. The molecular weight excluding hydrogens is 239 g/mol. The molecule has 102 valence electrons. The van der Waals surface area contributed by atoms with Crippen LogP contribution in [0, 0.1) is 18.7 Å². The van der Waals surface area contributed by atoms with Crippen molar-refractivity contribution in [1.29, 1.82) is 0 Å². The van der Waals surface area contributed by atoms with Crippen LogP contribution in [0.2, 0.25) is 0 Å². The molecule has 3 heteroatoms. The Balaban J connectivity index is 1.96. The maximum Gasteiger partial charge on any atom is 0.147 e. The van der Waals surface area contributed by atoms with Gasteiger partial charge in [-0.05, 0) is 43.7 Å². The second-order valence-corrected chi connectivity index (χ2v) is 5.80. The molecule has 0 saturated heterocycles. The number of aryl methyl sites for hydroxylation is 1. The van der Waals surface area contributed by atoms with Crippen molar-refractivity contribution < 1.29 is 4.39 Å². The average molecular weight is 260 g/mol. The van der Waals surface area contributed by atoms with Crippen LogP contribution in [0.15, 0.2) is 18.2 Å². The molecule has 1 aromatic heterocycles. The highest BCUT2D eigenvalue weighted by atomic mass is 19.1. The van der Waals surface area contributed by atoms with Crippen LogP contribution in [-0.2, 0) is 6.42 Å². The lowest BCUT2D eigenvalue weighted by Gasteiger charge is -2.28. The minimum absolute atomic E-state index is 0.167. The van der Waals surface area contributed by atoms with E-state index in [1.54, 1.807) is 6.07 Å². The van der Waals surface area contributed by atoms with Gasteiger partial charge >= 0.3 is 0 Å². The Morgan fingerprint density at radius 1 is 1.32 bits per heavy atom. The van der Waals surface area contributed by atoms with E-state index in [-0.39, 0.29) is 5.82 Å². The number of rotatable bonds is 2. The number of aromatic nitrogens is 1. The van der Waals surface area contributed by atoms with Crippen molar-refractivity contribution in [1.82, 2.24) is 4.98 Å². The van der Waals surface area contributed by atoms with Crippen molar-refractivity contribution in [2.75, 3.05) is 0 Å². The second-order valence-electron chi connectivity index (χ2n) is 5.80. The lowest BCUT2D eigenvalue weighted by Crippen LogP contribution is -2.34. The normalized spacial score (nSPS) is 23.9. The number of hydrogen-bond donors (Lipinski definition) is 2. The van der Waals surface area contributed by atoms with Gasteiger partial charge in [-0.15, -0.1) is 0 Å². The fourth-order valence-corrected chi connectivity index (χ4v) is 3.38. The quantitative estimate of drug-likeness (QED) is 0.850. The first-order valence-corrected chi connectivity index (χ1v) is 7.18. The highest BCUT2D eigenvalue weighted by Gasteiger charge is 2.24. The fraction of sp³-hybridized carbons (Fsp3) is 0.500. The monoisotopic (exact) mass is 260 g/mol. The first kappa shape index (κ1) is 12.7. The highest BCUT2D eigenvalue weighted by Crippen LogP contribution is 2.31. The van der Waals surface area contributed by atoms with E-state index in [1.807, 2.05) is 13.0 Å². The van der Waals surface area contributed by atoms with E-state index >= 15 is 0 Å². The summed E-state index contributed by atoms with van der Waals surface area (Å²) in [6.45, 7) is 2.03. The van der Waals surface area contributed by atoms with Gasteiger partial charge in [-0.1, -0.05) is 25.0 Å². The van der Waals surface area contributed by atoms with Crippen molar-refractivity contribution in [3.05, 3.63) is 35.3 Å². The topological polar surface area (TPSA) is 41.8 Å². The van der Waals surface area contributed by atoms with Crippen molar-refractivity contribution in [2.24, 2.45) is 11.7 Å². The zero-order chi connectivity index (χ0) is 13.4. The molecule has 1 heterocycles. The van der Waals surface area contributed by atoms with Crippen LogP contribution in [0.5, 0.6) is 0 Å². The summed E-state index contributed by atoms with van der Waals surface area (Å²) in [6.07, 6.45) is 5.81. The average Bonchev–Trinajstić information content (AvgIpc) is 2.71. The molecule has 2 aromatic rings. The van der Waals surface area contributed by atoms with Crippen LogP contribution in [0.4, 0.5) is 4.39 Å². The number of hydrogen-bond acceptors (Lipinski definition) is 1. The molecule has 19 heavy (non-hydrogen) atoms. The summed E-state index contributed by atoms with van der Waals surface area (Å²) in [7, 11) is 0. The highest BCUT2D eigenvalue weighted by molar-refractivity contribution is 5.85. The van der Waals surface area contributed by atoms with Gasteiger partial charge in [-0.2, -0.15) is 0 Å². The molecule has 1 fully saturated rings. The molecule has 1 saturated carbocycles. The van der Waals surface area contributed by atoms with Crippen LogP contribution in [0.1, 0.15) is 36.9 Å². The van der Waals surface area contributed by atoms with E-state index in [4.69, 9.17) is 5.73 Å². The molecule has 1 aromatic carbocycles. The number of aromatic amines is 1. The zero-order valence-corrected chi connectivity index (χ0v) is 11.4. The van der Waals surface area contributed by atoms with Crippen LogP contribution in [0.3, 0.4) is 0 Å². The number of halogens is 1. The van der Waals surface area contributed by atoms with Gasteiger partial charge in [0.25, 0.3) is 0 Å². The molecule has 2 atom stereocenters. The molecule has 0 aliphatic heterocycles. The van der Waals surface area contributed by atoms with Crippen LogP contribution >= 0.6 is 0 Å². The first-order chi connectivity index (χ1) is 9.16. The lowest BCUT2D eigenvalue weighted by molar-refractivity contribution is 0.306. The van der Waals surface area contributed by atoms with Crippen molar-refractivity contribution in [3.8, 4) is 0 Å². The van der Waals surface area contributed by atoms with Crippen molar-refractivity contribution in [3.63, 3.8) is 0 Å². The summed E-state index contributed by atoms with van der Waals surface area (Å²) < 4.78 is 13.8. The number of nitrogens with two attached hydrogens (primary N) is 1. The Morgan fingerprint density at radius 2 is 2.11 bits per heavy atom. The van der Waals surface area contributed by atoms with E-state index in [0.29, 0.717) is 17.5 Å². The summed E-state index contributed by atoms with van der Waals surface area (Å²) in [5.41, 5.74) is 9.20. The van der Waals surface area contributed by atoms with Gasteiger partial charge in [0, 0.05) is 17.1 Å². The number of para-hydroxylation sites is 1. The third-order valence-corrected chi connectivity index (χ3v) is 4.54. The molecule has 3 rings (SSSR count). The largest absolute Gasteiger partial charge is 0.356 e. The Hall–Kier alpha value is -1.35. The van der Waals surface area contributed by atoms with E-state index in [9.17, 15) is 4.39 Å². The van der Waals surface area contributed by atoms with Gasteiger partial charge in [0.05, 0.1) is 5.52 Å². The standard InChI is InChI=1S/C16H21FN2/c1-10-13(9-11-5-2-3-8-15(11)18)12-6-4-7-14(17)16(12)19-10/h4,6-7,11,15,19H,2-3,5,8-9,18H2,1H3. The smallest absolute Gasteiger partial charge is 0.147 e. The van der Waals surface area contributed by atoms with Gasteiger partial charge < -0.3 is 10.7 Å². The molecule has 1 aliphatic carbocycles. The number of benzene rings is 1. The molecule has 0 spiro atoms. The van der Waals surface area contributed by atoms with E-state index in [0.717, 1.165) is 23.9 Å². The molecular formula is C16H21FN2. The van der Waals surface area contributed by atoms with E-state index in [2.05, 4.69) is 4.98 Å². The summed E-state index contributed by atoms with van der Waals surface area (Å²) >= 11 is 0. The zero-order valence-electron chi connectivity index (χ0n) is 11.4. The van der Waals surface area contributed by atoms with Crippen molar-refractivity contribution in [2.45, 2.75) is 45.1 Å². The van der Waals surface area contributed by atoms with Gasteiger partial charge in [0.1, 0.15) is 5.82 Å². The number of fused-ring (bicyclic) bond motifs is 1. The van der Waals surface area contributed by atoms with E-state index < -0.39 is 0 Å². The van der Waals surface area contributed by atoms with Crippen LogP contribution in [0.25, 0.3) is 10.9 Å². The van der Waals surface area contributed by atoms with Gasteiger partial charge in [0.2, 0.25) is 0 Å². The third-order valence-electron chi connectivity index (χ3n) is 4.54. The predicted molar refractivity (Wildman–Crippen MR) is 76.6 cm³/mol. The molecule has 1 aliphatic rings. The molecule has 3 N–H and O–H groups in total. The predicted octanol–water partition coefficient (Wildman–Crippen LogP) is 3.68. The van der Waals surface area contributed by atoms with Gasteiger partial charge in [0.15, 0.2) is 0 Å². The summed E-state index contributed by atoms with van der Waals surface area (Å²) in [5, 5.41) is 1.02. The molecule has 2 nitrogen and oxygen atoms in total. The van der Waals surface area contributed by atoms with E-state index in [1.165, 1.54) is 30.9 Å². The summed E-state index contributed by atoms with van der Waals surface area (Å²) in [4.78, 5) is 3.18. The Kier molecular flexibility index (Phi) is 3.31. The minimum Gasteiger partial charge on any atom is -0.356 e. The minimum atomic E-state index is -0.167. The Labute approximate surface area is 113 Å². The number of nitrogens with one attached hydrogen (secondary N) is 1. The molecule has 0 radical (unpaired) electrons. The summed E-state index contributed by atoms with van der Waals surface area (Å²) in [6, 6.07) is 5.60. The SMILES string of the molecule is Cc1[nH]c2c(F)cccc2c1CC1CCCCC1N. The first-order valence-electron chi connectivity index (χ1n) is 7.18. The Bertz CT molecular complexity index is 588. The maximum absolute atomic E-state index is 13.8.